The van der Waals surface area contributed by atoms with Gasteiger partial charge in [0.2, 0.25) is 0 Å². The second kappa shape index (κ2) is 7.38. The largest absolute Gasteiger partial charge is 0.496 e. The molecule has 0 aliphatic carbocycles. The number of methoxy groups -OCH3 is 1. The van der Waals surface area contributed by atoms with E-state index in [-0.39, 0.29) is 5.91 Å². The Bertz CT molecular complexity index is 965. The van der Waals surface area contributed by atoms with E-state index < -0.39 is 0 Å². The number of carbonyl (C=O) groups excluding carboxylic acids is 1. The van der Waals surface area contributed by atoms with Gasteiger partial charge in [-0.05, 0) is 32.0 Å². The van der Waals surface area contributed by atoms with Gasteiger partial charge in [-0.2, -0.15) is 10.2 Å². The predicted molar refractivity (Wildman–Crippen MR) is 107 cm³/mol. The minimum Gasteiger partial charge on any atom is -0.496 e. The maximum Gasteiger partial charge on any atom is 0.272 e. The van der Waals surface area contributed by atoms with E-state index in [1.54, 1.807) is 13.2 Å². The van der Waals surface area contributed by atoms with Gasteiger partial charge < -0.3 is 14.5 Å². The maximum atomic E-state index is 12.9. The zero-order valence-corrected chi connectivity index (χ0v) is 16.3. The van der Waals surface area contributed by atoms with Crippen LogP contribution in [0.4, 0.5) is 5.69 Å². The Morgan fingerprint density at radius 2 is 1.82 bits per heavy atom. The smallest absolute Gasteiger partial charge is 0.272 e. The van der Waals surface area contributed by atoms with Crippen molar-refractivity contribution in [3.63, 3.8) is 0 Å². The molecule has 3 aromatic rings. The molecule has 3 heterocycles. The van der Waals surface area contributed by atoms with Gasteiger partial charge in [-0.1, -0.05) is 12.1 Å². The SMILES string of the molecule is COc1ccccc1-c1cc(C(=O)N2CCN(c3c(C)n[nH]c3C)CC2)[nH]n1. The number of aromatic amines is 2. The Labute approximate surface area is 163 Å². The molecule has 2 N–H and O–H groups in total. The summed E-state index contributed by atoms with van der Waals surface area (Å²) in [6.07, 6.45) is 0. The van der Waals surface area contributed by atoms with E-state index in [9.17, 15) is 4.79 Å². The Hall–Kier alpha value is -3.29. The molecule has 1 fully saturated rings. The van der Waals surface area contributed by atoms with Crippen LogP contribution in [0.1, 0.15) is 21.9 Å². The Balaban J connectivity index is 1.46. The third-order valence-electron chi connectivity index (χ3n) is 5.16. The first-order valence-electron chi connectivity index (χ1n) is 9.33. The summed E-state index contributed by atoms with van der Waals surface area (Å²) in [5, 5.41) is 14.5. The molecule has 0 saturated carbocycles. The highest BCUT2D eigenvalue weighted by Crippen LogP contribution is 2.29. The van der Waals surface area contributed by atoms with Gasteiger partial charge >= 0.3 is 0 Å². The fraction of sp³-hybridized carbons (Fsp3) is 0.350. The van der Waals surface area contributed by atoms with E-state index in [1.807, 2.05) is 43.0 Å². The number of benzene rings is 1. The van der Waals surface area contributed by atoms with Gasteiger partial charge in [-0.15, -0.1) is 0 Å². The van der Waals surface area contributed by atoms with E-state index in [4.69, 9.17) is 4.74 Å². The van der Waals surface area contributed by atoms with Gasteiger partial charge in [0.25, 0.3) is 5.91 Å². The topological polar surface area (TPSA) is 90.1 Å². The number of carbonyl (C=O) groups is 1. The van der Waals surface area contributed by atoms with E-state index in [1.165, 1.54) is 0 Å². The first kappa shape index (κ1) is 18.1. The molecule has 0 spiro atoms. The molecule has 8 nitrogen and oxygen atoms in total. The molecule has 28 heavy (non-hydrogen) atoms. The summed E-state index contributed by atoms with van der Waals surface area (Å²) < 4.78 is 5.39. The minimum atomic E-state index is -0.0334. The van der Waals surface area contributed by atoms with Crippen LogP contribution in [0.2, 0.25) is 0 Å². The number of aryl methyl sites for hydroxylation is 2. The summed E-state index contributed by atoms with van der Waals surface area (Å²) in [6.45, 7) is 6.90. The number of rotatable bonds is 4. The Morgan fingerprint density at radius 1 is 1.07 bits per heavy atom. The molecule has 0 unspecified atom stereocenters. The number of nitrogens with one attached hydrogen (secondary N) is 2. The standard InChI is InChI=1S/C20H24N6O2/c1-13-19(14(2)22-21-13)25-8-10-26(11-9-25)20(27)17-12-16(23-24-17)15-6-4-5-7-18(15)28-3/h4-7,12H,8-11H2,1-3H3,(H,21,22)(H,23,24). The molecule has 1 saturated heterocycles. The van der Waals surface area contributed by atoms with Gasteiger partial charge in [0.1, 0.15) is 11.4 Å². The first-order chi connectivity index (χ1) is 13.6. The molecular formula is C20H24N6O2. The zero-order valence-electron chi connectivity index (χ0n) is 16.3. The molecule has 1 aliphatic rings. The van der Waals surface area contributed by atoms with Gasteiger partial charge in [-0.3, -0.25) is 15.0 Å². The number of anilines is 1. The summed E-state index contributed by atoms with van der Waals surface area (Å²) in [4.78, 5) is 17.1. The number of hydrogen-bond acceptors (Lipinski definition) is 5. The number of para-hydroxylation sites is 1. The van der Waals surface area contributed by atoms with Crippen LogP contribution < -0.4 is 9.64 Å². The van der Waals surface area contributed by atoms with Gasteiger partial charge in [0.05, 0.1) is 29.9 Å². The lowest BCUT2D eigenvalue weighted by atomic mass is 10.1. The Morgan fingerprint density at radius 3 is 2.50 bits per heavy atom. The van der Waals surface area contributed by atoms with Gasteiger partial charge in [0.15, 0.2) is 0 Å². The fourth-order valence-electron chi connectivity index (χ4n) is 3.74. The summed E-state index contributed by atoms with van der Waals surface area (Å²) in [6, 6.07) is 9.43. The van der Waals surface area contributed by atoms with Crippen molar-refractivity contribution in [2.24, 2.45) is 0 Å². The van der Waals surface area contributed by atoms with Crippen molar-refractivity contribution in [1.29, 1.82) is 0 Å². The van der Waals surface area contributed by atoms with E-state index >= 15 is 0 Å². The summed E-state index contributed by atoms with van der Waals surface area (Å²) in [5.41, 5.74) is 5.25. The lowest BCUT2D eigenvalue weighted by molar-refractivity contribution is 0.0741. The summed E-state index contributed by atoms with van der Waals surface area (Å²) >= 11 is 0. The van der Waals surface area contributed by atoms with Crippen LogP contribution >= 0.6 is 0 Å². The van der Waals surface area contributed by atoms with Crippen molar-refractivity contribution >= 4 is 11.6 Å². The molecule has 1 aromatic carbocycles. The van der Waals surface area contributed by atoms with E-state index in [2.05, 4.69) is 25.3 Å². The molecule has 4 rings (SSSR count). The normalized spacial score (nSPS) is 14.4. The quantitative estimate of drug-likeness (QED) is 0.725. The van der Waals surface area contributed by atoms with E-state index in [0.29, 0.717) is 24.5 Å². The van der Waals surface area contributed by atoms with Crippen LogP contribution in [0, 0.1) is 13.8 Å². The molecule has 0 bridgehead atoms. The number of amides is 1. The lowest BCUT2D eigenvalue weighted by Gasteiger charge is -2.35. The van der Waals surface area contributed by atoms with Crippen molar-refractivity contribution in [3.8, 4) is 17.0 Å². The van der Waals surface area contributed by atoms with Crippen LogP contribution in [0.15, 0.2) is 30.3 Å². The van der Waals surface area contributed by atoms with Gasteiger partial charge in [0, 0.05) is 31.7 Å². The number of aromatic nitrogens is 4. The second-order valence-corrected chi connectivity index (χ2v) is 6.93. The highest BCUT2D eigenvalue weighted by molar-refractivity contribution is 5.93. The van der Waals surface area contributed by atoms with Crippen molar-refractivity contribution in [3.05, 3.63) is 47.4 Å². The molecule has 1 amide bonds. The van der Waals surface area contributed by atoms with Crippen molar-refractivity contribution in [2.75, 3.05) is 38.2 Å². The number of H-pyrrole nitrogens is 2. The third-order valence-corrected chi connectivity index (χ3v) is 5.16. The molecular weight excluding hydrogens is 356 g/mol. The molecule has 2 aromatic heterocycles. The maximum absolute atomic E-state index is 12.9. The van der Waals surface area contributed by atoms with Crippen molar-refractivity contribution < 1.29 is 9.53 Å². The number of ether oxygens (including phenoxy) is 1. The molecule has 1 aliphatic heterocycles. The summed E-state index contributed by atoms with van der Waals surface area (Å²) in [7, 11) is 1.63. The number of piperazine rings is 1. The monoisotopic (exact) mass is 380 g/mol. The van der Waals surface area contributed by atoms with E-state index in [0.717, 1.165) is 41.5 Å². The van der Waals surface area contributed by atoms with Crippen molar-refractivity contribution in [1.82, 2.24) is 25.3 Å². The average molecular weight is 380 g/mol. The molecule has 0 radical (unpaired) electrons. The number of hydrogen-bond donors (Lipinski definition) is 2. The van der Waals surface area contributed by atoms with Gasteiger partial charge in [-0.25, -0.2) is 0 Å². The molecule has 8 heteroatoms. The highest BCUT2D eigenvalue weighted by atomic mass is 16.5. The van der Waals surface area contributed by atoms with Crippen LogP contribution in [-0.2, 0) is 0 Å². The minimum absolute atomic E-state index is 0.0334. The van der Waals surface area contributed by atoms with Crippen LogP contribution in [0.3, 0.4) is 0 Å². The van der Waals surface area contributed by atoms with Crippen LogP contribution in [0.25, 0.3) is 11.3 Å². The predicted octanol–water partition coefficient (Wildman–Crippen LogP) is 2.39. The Kier molecular flexibility index (Phi) is 4.77. The number of nitrogens with zero attached hydrogens (tertiary/aromatic N) is 4. The average Bonchev–Trinajstić information content (AvgIpc) is 3.34. The fourth-order valence-corrected chi connectivity index (χ4v) is 3.74. The second-order valence-electron chi connectivity index (χ2n) is 6.93. The molecule has 0 atom stereocenters. The summed E-state index contributed by atoms with van der Waals surface area (Å²) in [5.74, 6) is 0.696. The van der Waals surface area contributed by atoms with Crippen LogP contribution in [0.5, 0.6) is 5.75 Å². The highest BCUT2D eigenvalue weighted by Gasteiger charge is 2.26. The van der Waals surface area contributed by atoms with Crippen molar-refractivity contribution in [2.45, 2.75) is 13.8 Å². The third kappa shape index (κ3) is 3.21. The first-order valence-corrected chi connectivity index (χ1v) is 9.33. The lowest BCUT2D eigenvalue weighted by Crippen LogP contribution is -2.49. The van der Waals surface area contributed by atoms with Crippen LogP contribution in [-0.4, -0.2) is 64.5 Å². The molecule has 146 valence electrons. The zero-order chi connectivity index (χ0) is 19.7.